The van der Waals surface area contributed by atoms with Crippen molar-refractivity contribution in [2.75, 3.05) is 6.61 Å². The Morgan fingerprint density at radius 3 is 2.59 bits per heavy atom. The van der Waals surface area contributed by atoms with Gasteiger partial charge in [-0.05, 0) is 55.4 Å². The normalized spacial score (nSPS) is 12.2. The largest absolute Gasteiger partial charge is 0.493 e. The van der Waals surface area contributed by atoms with Crippen LogP contribution in [0.15, 0.2) is 24.8 Å². The number of ether oxygens (including phenoxy) is 1. The topological polar surface area (TPSA) is 9.23 Å². The van der Waals surface area contributed by atoms with Crippen LogP contribution in [0, 0.1) is 19.8 Å². The number of hydrogen-bond donors (Lipinski definition) is 0. The van der Waals surface area contributed by atoms with Gasteiger partial charge >= 0.3 is 0 Å². The minimum absolute atomic E-state index is 0.524. The minimum atomic E-state index is 0.524. The summed E-state index contributed by atoms with van der Waals surface area (Å²) in [4.78, 5) is 0. The molecule has 0 amide bonds. The molecule has 0 aromatic heterocycles. The van der Waals surface area contributed by atoms with Crippen LogP contribution in [0.3, 0.4) is 0 Å². The molecular weight excluding hydrogens is 208 g/mol. The van der Waals surface area contributed by atoms with Gasteiger partial charge < -0.3 is 4.74 Å². The van der Waals surface area contributed by atoms with Gasteiger partial charge in [-0.15, -0.1) is 6.58 Å². The van der Waals surface area contributed by atoms with E-state index >= 15 is 0 Å². The maximum absolute atomic E-state index is 5.73. The lowest BCUT2D eigenvalue weighted by atomic mass is 9.95. The Labute approximate surface area is 106 Å². The smallest absolute Gasteiger partial charge is 0.122 e. The van der Waals surface area contributed by atoms with Gasteiger partial charge in [0, 0.05) is 0 Å². The molecule has 0 saturated heterocycles. The quantitative estimate of drug-likeness (QED) is 0.658. The van der Waals surface area contributed by atoms with E-state index < -0.39 is 0 Å². The first kappa shape index (κ1) is 13.8. The third-order valence-corrected chi connectivity index (χ3v) is 3.04. The third-order valence-electron chi connectivity index (χ3n) is 3.04. The van der Waals surface area contributed by atoms with Crippen molar-refractivity contribution in [2.45, 2.75) is 40.5 Å². The highest BCUT2D eigenvalue weighted by molar-refractivity contribution is 5.41. The van der Waals surface area contributed by atoms with Gasteiger partial charge in [0.25, 0.3) is 0 Å². The van der Waals surface area contributed by atoms with E-state index in [0.717, 1.165) is 25.2 Å². The van der Waals surface area contributed by atoms with E-state index in [1.807, 2.05) is 6.08 Å². The van der Waals surface area contributed by atoms with E-state index in [1.165, 1.54) is 16.7 Å². The third kappa shape index (κ3) is 3.92. The second kappa shape index (κ2) is 6.48. The van der Waals surface area contributed by atoms with Gasteiger partial charge in [-0.1, -0.05) is 26.0 Å². The first-order chi connectivity index (χ1) is 8.08. The van der Waals surface area contributed by atoms with Crippen molar-refractivity contribution in [3.8, 4) is 5.75 Å². The van der Waals surface area contributed by atoms with Crippen molar-refractivity contribution in [3.05, 3.63) is 41.5 Å². The maximum Gasteiger partial charge on any atom is 0.122 e. The van der Waals surface area contributed by atoms with E-state index in [9.17, 15) is 0 Å². The van der Waals surface area contributed by atoms with Crippen molar-refractivity contribution in [2.24, 2.45) is 5.92 Å². The first-order valence-electron chi connectivity index (χ1n) is 6.44. The van der Waals surface area contributed by atoms with Crippen molar-refractivity contribution < 1.29 is 4.74 Å². The lowest BCUT2D eigenvalue weighted by Gasteiger charge is -2.14. The van der Waals surface area contributed by atoms with Gasteiger partial charge in [-0.3, -0.25) is 0 Å². The van der Waals surface area contributed by atoms with Crippen molar-refractivity contribution in [1.82, 2.24) is 0 Å². The number of allylic oxidation sites excluding steroid dienone is 1. The molecule has 0 aliphatic heterocycles. The fourth-order valence-electron chi connectivity index (χ4n) is 1.87. The fraction of sp³-hybridized carbons (Fsp3) is 0.500. The molecule has 1 aromatic rings. The van der Waals surface area contributed by atoms with Crippen molar-refractivity contribution in [1.29, 1.82) is 0 Å². The molecule has 1 unspecified atom stereocenters. The van der Waals surface area contributed by atoms with Crippen molar-refractivity contribution in [3.63, 3.8) is 0 Å². The summed E-state index contributed by atoms with van der Waals surface area (Å²) >= 11 is 0. The van der Waals surface area contributed by atoms with Crippen LogP contribution in [0.2, 0.25) is 0 Å². The number of rotatable bonds is 6. The molecule has 0 aliphatic carbocycles. The van der Waals surface area contributed by atoms with Gasteiger partial charge in [0.2, 0.25) is 0 Å². The molecule has 1 aromatic carbocycles. The number of hydrogen-bond acceptors (Lipinski definition) is 1. The van der Waals surface area contributed by atoms with Gasteiger partial charge in [-0.25, -0.2) is 0 Å². The Kier molecular flexibility index (Phi) is 5.27. The van der Waals surface area contributed by atoms with Gasteiger partial charge in [-0.2, -0.15) is 0 Å². The molecule has 0 aliphatic rings. The Bertz CT molecular complexity index is 379. The second-order valence-electron chi connectivity index (χ2n) is 4.81. The lowest BCUT2D eigenvalue weighted by molar-refractivity contribution is 0.315. The Balaban J connectivity index is 2.88. The molecule has 17 heavy (non-hydrogen) atoms. The zero-order chi connectivity index (χ0) is 12.8. The molecule has 0 bridgehead atoms. The fourth-order valence-corrected chi connectivity index (χ4v) is 1.87. The monoisotopic (exact) mass is 232 g/mol. The summed E-state index contributed by atoms with van der Waals surface area (Å²) in [7, 11) is 0. The molecule has 0 N–H and O–H groups in total. The number of benzene rings is 1. The molecule has 0 spiro atoms. The number of aryl methyl sites for hydroxylation is 2. The molecule has 0 heterocycles. The molecule has 1 atom stereocenters. The van der Waals surface area contributed by atoms with Crippen LogP contribution >= 0.6 is 0 Å². The molecule has 1 heteroatoms. The molecule has 94 valence electrons. The zero-order valence-electron chi connectivity index (χ0n) is 11.5. The second-order valence-corrected chi connectivity index (χ2v) is 4.81. The minimum Gasteiger partial charge on any atom is -0.493 e. The molecule has 1 nitrogen and oxygen atoms in total. The summed E-state index contributed by atoms with van der Waals surface area (Å²) in [6.07, 6.45) is 4.12. The lowest BCUT2D eigenvalue weighted by Crippen LogP contribution is -2.02. The SMILES string of the molecule is C=CC(C)Cc1cc(C)c(OCCC)cc1C. The molecule has 0 saturated carbocycles. The van der Waals surface area contributed by atoms with Crippen molar-refractivity contribution >= 4 is 0 Å². The summed E-state index contributed by atoms with van der Waals surface area (Å²) in [5.74, 6) is 1.55. The van der Waals surface area contributed by atoms with Gasteiger partial charge in [0.15, 0.2) is 0 Å². The van der Waals surface area contributed by atoms with Crippen LogP contribution in [0.25, 0.3) is 0 Å². The molecule has 0 radical (unpaired) electrons. The summed E-state index contributed by atoms with van der Waals surface area (Å²) in [6.45, 7) is 13.2. The van der Waals surface area contributed by atoms with Crippen LogP contribution in [-0.2, 0) is 6.42 Å². The van der Waals surface area contributed by atoms with Crippen LogP contribution in [0.4, 0.5) is 0 Å². The zero-order valence-corrected chi connectivity index (χ0v) is 11.5. The van der Waals surface area contributed by atoms with Crippen LogP contribution < -0.4 is 4.74 Å². The van der Waals surface area contributed by atoms with Gasteiger partial charge in [0.05, 0.1) is 6.61 Å². The predicted molar refractivity (Wildman–Crippen MR) is 74.8 cm³/mol. The molecule has 1 rings (SSSR count). The highest BCUT2D eigenvalue weighted by Gasteiger charge is 2.07. The van der Waals surface area contributed by atoms with E-state index in [2.05, 4.69) is 46.4 Å². The highest BCUT2D eigenvalue weighted by Crippen LogP contribution is 2.25. The Hall–Kier alpha value is -1.24. The van der Waals surface area contributed by atoms with Crippen LogP contribution in [-0.4, -0.2) is 6.61 Å². The molecular formula is C16H24O. The predicted octanol–water partition coefficient (Wildman–Crippen LogP) is 4.46. The first-order valence-corrected chi connectivity index (χ1v) is 6.44. The average Bonchev–Trinajstić information content (AvgIpc) is 2.31. The van der Waals surface area contributed by atoms with E-state index in [-0.39, 0.29) is 0 Å². The summed E-state index contributed by atoms with van der Waals surface area (Å²) in [6, 6.07) is 4.41. The van der Waals surface area contributed by atoms with Crippen LogP contribution in [0.1, 0.15) is 37.0 Å². The highest BCUT2D eigenvalue weighted by atomic mass is 16.5. The van der Waals surface area contributed by atoms with Gasteiger partial charge in [0.1, 0.15) is 5.75 Å². The van der Waals surface area contributed by atoms with E-state index in [0.29, 0.717) is 5.92 Å². The van der Waals surface area contributed by atoms with Crippen LogP contribution in [0.5, 0.6) is 5.75 Å². The Morgan fingerprint density at radius 2 is 2.00 bits per heavy atom. The average molecular weight is 232 g/mol. The maximum atomic E-state index is 5.73. The summed E-state index contributed by atoms with van der Waals surface area (Å²) in [5.41, 5.74) is 3.95. The standard InChI is InChI=1S/C16H24O/c1-6-8-17-16-11-13(4)15(10-14(16)5)9-12(3)7-2/h7,10-12H,2,6,8-9H2,1,3-5H3. The summed E-state index contributed by atoms with van der Waals surface area (Å²) in [5, 5.41) is 0. The summed E-state index contributed by atoms with van der Waals surface area (Å²) < 4.78 is 5.73. The molecule has 0 fully saturated rings. The van der Waals surface area contributed by atoms with E-state index in [4.69, 9.17) is 4.74 Å². The Morgan fingerprint density at radius 1 is 1.29 bits per heavy atom. The van der Waals surface area contributed by atoms with E-state index in [1.54, 1.807) is 0 Å².